The zero-order valence-electron chi connectivity index (χ0n) is 29.5. The number of hydrogen-bond acceptors (Lipinski definition) is 5. The first-order valence-electron chi connectivity index (χ1n) is 17.1. The normalized spacial score (nSPS) is 12.4. The van der Waals surface area contributed by atoms with Gasteiger partial charge in [0.15, 0.2) is 0 Å². The van der Waals surface area contributed by atoms with Gasteiger partial charge in [-0.2, -0.15) is 0 Å². The zero-order valence-corrected chi connectivity index (χ0v) is 30.3. The molecule has 0 aromatic heterocycles. The lowest BCUT2D eigenvalue weighted by Crippen LogP contribution is -2.54. The molecule has 0 aliphatic rings. The van der Waals surface area contributed by atoms with Gasteiger partial charge >= 0.3 is 0 Å². The molecule has 5 aromatic rings. The maximum Gasteiger partial charge on any atom is 0.264 e. The summed E-state index contributed by atoms with van der Waals surface area (Å²) < 4.78 is 35.9. The molecule has 0 heterocycles. The van der Waals surface area contributed by atoms with Crippen molar-refractivity contribution in [3.05, 3.63) is 156 Å². The van der Waals surface area contributed by atoms with Crippen molar-refractivity contribution < 1.29 is 22.7 Å². The van der Waals surface area contributed by atoms with E-state index in [1.807, 2.05) is 113 Å². The molecule has 0 aliphatic heterocycles. The minimum Gasteiger partial charge on any atom is -0.457 e. The Kier molecular flexibility index (Phi) is 12.3. The highest BCUT2D eigenvalue weighted by molar-refractivity contribution is 7.92. The van der Waals surface area contributed by atoms with E-state index in [0.29, 0.717) is 17.9 Å². The number of amides is 2. The Bertz CT molecular complexity index is 1980. The molecule has 0 bridgehead atoms. The Hall–Kier alpha value is -5.41. The Morgan fingerprint density at radius 2 is 1.25 bits per heavy atom. The molecule has 8 nitrogen and oxygen atoms in total. The summed E-state index contributed by atoms with van der Waals surface area (Å²) in [5.74, 6) is 0.325. The summed E-state index contributed by atoms with van der Waals surface area (Å²) in [6.45, 7) is 7.33. The first-order valence-corrected chi connectivity index (χ1v) is 18.6. The van der Waals surface area contributed by atoms with Gasteiger partial charge in [-0.15, -0.1) is 0 Å². The summed E-state index contributed by atoms with van der Waals surface area (Å²) in [7, 11) is -4.23. The van der Waals surface area contributed by atoms with Crippen molar-refractivity contribution in [1.29, 1.82) is 0 Å². The Balaban J connectivity index is 1.56. The molecule has 0 fully saturated rings. The molecule has 0 radical (unpaired) electrons. The SMILES string of the molecule is CC[C@@H](C)NC(=O)[C@H](Cc1ccccc1)N(Cc1ccc(C)cc1)C(=O)CN(c1ccc(Oc2ccccc2)cc1)S(=O)(=O)c1ccc(C)cc1. The van der Waals surface area contributed by atoms with Crippen LogP contribution in [0.5, 0.6) is 11.5 Å². The monoisotopic (exact) mass is 703 g/mol. The number of sulfonamides is 1. The number of anilines is 1. The second-order valence-electron chi connectivity index (χ2n) is 12.8. The number of nitrogens with one attached hydrogen (secondary N) is 1. The van der Waals surface area contributed by atoms with Crippen molar-refractivity contribution in [3.63, 3.8) is 0 Å². The number of carbonyl (C=O) groups is 2. The van der Waals surface area contributed by atoms with Crippen molar-refractivity contribution in [2.75, 3.05) is 10.8 Å². The third-order valence-corrected chi connectivity index (χ3v) is 10.5. The van der Waals surface area contributed by atoms with Crippen LogP contribution < -0.4 is 14.4 Å². The predicted molar refractivity (Wildman–Crippen MR) is 202 cm³/mol. The fourth-order valence-electron chi connectivity index (χ4n) is 5.56. The van der Waals surface area contributed by atoms with Crippen LogP contribution in [0.25, 0.3) is 0 Å². The van der Waals surface area contributed by atoms with Gasteiger partial charge in [0.1, 0.15) is 24.1 Å². The first-order chi connectivity index (χ1) is 24.5. The van der Waals surface area contributed by atoms with Crippen LogP contribution in [0.2, 0.25) is 0 Å². The van der Waals surface area contributed by atoms with E-state index in [-0.39, 0.29) is 35.5 Å². The molecule has 0 saturated carbocycles. The van der Waals surface area contributed by atoms with E-state index in [1.165, 1.54) is 17.0 Å². The molecule has 5 aromatic carbocycles. The number of ether oxygens (including phenoxy) is 1. The second kappa shape index (κ2) is 17.0. The molecule has 5 rings (SSSR count). The molecule has 2 atom stereocenters. The fraction of sp³-hybridized carbons (Fsp3) is 0.238. The molecule has 264 valence electrons. The van der Waals surface area contributed by atoms with Gasteiger partial charge in [-0.25, -0.2) is 8.42 Å². The highest BCUT2D eigenvalue weighted by Gasteiger charge is 2.35. The lowest BCUT2D eigenvalue weighted by molar-refractivity contribution is -0.140. The van der Waals surface area contributed by atoms with Crippen LogP contribution >= 0.6 is 0 Å². The summed E-state index contributed by atoms with van der Waals surface area (Å²) in [4.78, 5) is 30.4. The van der Waals surface area contributed by atoms with E-state index in [1.54, 1.807) is 36.4 Å². The predicted octanol–water partition coefficient (Wildman–Crippen LogP) is 7.85. The van der Waals surface area contributed by atoms with Gasteiger partial charge in [0.2, 0.25) is 11.8 Å². The van der Waals surface area contributed by atoms with Gasteiger partial charge in [-0.05, 0) is 86.8 Å². The number of hydrogen-bond donors (Lipinski definition) is 1. The van der Waals surface area contributed by atoms with E-state index in [0.717, 1.165) is 26.6 Å². The lowest BCUT2D eigenvalue weighted by atomic mass is 10.0. The van der Waals surface area contributed by atoms with Crippen molar-refractivity contribution in [2.24, 2.45) is 0 Å². The largest absolute Gasteiger partial charge is 0.457 e. The Labute approximate surface area is 301 Å². The van der Waals surface area contributed by atoms with Gasteiger partial charge in [0.25, 0.3) is 10.0 Å². The van der Waals surface area contributed by atoms with Crippen LogP contribution in [0.15, 0.2) is 138 Å². The average Bonchev–Trinajstić information content (AvgIpc) is 3.14. The first kappa shape index (κ1) is 36.9. The standard InChI is InChI=1S/C42H45N3O5S/c1-5-33(4)43-42(47)40(28-34-12-8-6-9-13-34)44(29-35-20-16-31(2)17-21-35)41(46)30-45(51(48,49)39-26-18-32(3)19-27-39)36-22-24-38(25-23-36)50-37-14-10-7-11-15-37/h6-27,33,40H,5,28-30H2,1-4H3,(H,43,47)/t33-,40+/m1/s1. The van der Waals surface area contributed by atoms with E-state index in [2.05, 4.69) is 5.32 Å². The van der Waals surface area contributed by atoms with Gasteiger partial charge in [-0.3, -0.25) is 13.9 Å². The third-order valence-electron chi connectivity index (χ3n) is 8.74. The third kappa shape index (κ3) is 9.86. The van der Waals surface area contributed by atoms with Crippen LogP contribution in [0, 0.1) is 13.8 Å². The van der Waals surface area contributed by atoms with Gasteiger partial charge in [-0.1, -0.05) is 103 Å². The Morgan fingerprint density at radius 1 is 0.706 bits per heavy atom. The molecule has 2 amide bonds. The number of rotatable bonds is 15. The summed E-state index contributed by atoms with van der Waals surface area (Å²) in [6.07, 6.45) is 0.958. The van der Waals surface area contributed by atoms with Crippen molar-refractivity contribution in [1.82, 2.24) is 10.2 Å². The zero-order chi connectivity index (χ0) is 36.4. The van der Waals surface area contributed by atoms with Crippen LogP contribution in [0.3, 0.4) is 0 Å². The Morgan fingerprint density at radius 3 is 1.84 bits per heavy atom. The molecular formula is C42H45N3O5S. The topological polar surface area (TPSA) is 96.0 Å². The summed E-state index contributed by atoms with van der Waals surface area (Å²) in [6, 6.07) is 38.6. The number of para-hydroxylation sites is 1. The van der Waals surface area contributed by atoms with Crippen LogP contribution in [0.1, 0.15) is 42.5 Å². The molecule has 0 spiro atoms. The highest BCUT2D eigenvalue weighted by atomic mass is 32.2. The molecule has 0 aliphatic carbocycles. The number of nitrogens with zero attached hydrogens (tertiary/aromatic N) is 2. The van der Waals surface area contributed by atoms with Crippen LogP contribution in [-0.4, -0.2) is 43.8 Å². The highest BCUT2D eigenvalue weighted by Crippen LogP contribution is 2.29. The molecule has 9 heteroatoms. The van der Waals surface area contributed by atoms with E-state index >= 15 is 0 Å². The lowest BCUT2D eigenvalue weighted by Gasteiger charge is -2.34. The maximum absolute atomic E-state index is 14.7. The molecular weight excluding hydrogens is 659 g/mol. The number of aryl methyl sites for hydroxylation is 2. The quantitative estimate of drug-likeness (QED) is 0.120. The molecule has 51 heavy (non-hydrogen) atoms. The van der Waals surface area contributed by atoms with Crippen LogP contribution in [-0.2, 0) is 32.6 Å². The van der Waals surface area contributed by atoms with Crippen molar-refractivity contribution >= 4 is 27.5 Å². The minimum atomic E-state index is -4.23. The minimum absolute atomic E-state index is 0.0472. The second-order valence-corrected chi connectivity index (χ2v) is 14.6. The van der Waals surface area contributed by atoms with E-state index in [4.69, 9.17) is 4.74 Å². The summed E-state index contributed by atoms with van der Waals surface area (Å²) in [5.41, 5.74) is 3.94. The summed E-state index contributed by atoms with van der Waals surface area (Å²) >= 11 is 0. The molecule has 0 saturated heterocycles. The van der Waals surface area contributed by atoms with Crippen molar-refractivity contribution in [2.45, 2.75) is 64.1 Å². The smallest absolute Gasteiger partial charge is 0.264 e. The number of benzene rings is 5. The van der Waals surface area contributed by atoms with Crippen LogP contribution in [0.4, 0.5) is 5.69 Å². The van der Waals surface area contributed by atoms with Gasteiger partial charge in [0.05, 0.1) is 10.6 Å². The average molecular weight is 704 g/mol. The van der Waals surface area contributed by atoms with E-state index < -0.39 is 28.5 Å². The van der Waals surface area contributed by atoms with Gasteiger partial charge < -0.3 is 15.0 Å². The maximum atomic E-state index is 14.7. The fourth-order valence-corrected chi connectivity index (χ4v) is 6.97. The number of carbonyl (C=O) groups excluding carboxylic acids is 2. The summed E-state index contributed by atoms with van der Waals surface area (Å²) in [5, 5.41) is 3.07. The molecule has 1 N–H and O–H groups in total. The van der Waals surface area contributed by atoms with Crippen molar-refractivity contribution in [3.8, 4) is 11.5 Å². The van der Waals surface area contributed by atoms with E-state index in [9.17, 15) is 18.0 Å². The molecule has 0 unspecified atom stereocenters. The van der Waals surface area contributed by atoms with Gasteiger partial charge in [0, 0.05) is 19.0 Å².